The fourth-order valence-corrected chi connectivity index (χ4v) is 1.84. The first-order chi connectivity index (χ1) is 9.01. The molecule has 3 N–H and O–H groups in total. The number of rotatable bonds is 6. The number of methoxy groups -OCH3 is 1. The summed E-state index contributed by atoms with van der Waals surface area (Å²) in [5.41, 5.74) is 5.93. The minimum atomic E-state index is -0.110. The third-order valence-electron chi connectivity index (χ3n) is 2.91. The maximum absolute atomic E-state index is 12.4. The molecule has 0 spiro atoms. The van der Waals surface area contributed by atoms with Gasteiger partial charge in [0, 0.05) is 18.2 Å². The number of nitrogens with zero attached hydrogens (tertiary/aromatic N) is 1. The van der Waals surface area contributed by atoms with Crippen molar-refractivity contribution in [3.05, 3.63) is 23.8 Å². The Labute approximate surface area is 114 Å². The maximum atomic E-state index is 12.4. The molecule has 0 unspecified atom stereocenters. The monoisotopic (exact) mass is 266 g/mol. The number of carbonyl (C=O) groups excluding carboxylic acids is 1. The highest BCUT2D eigenvalue weighted by atomic mass is 16.5. The quantitative estimate of drug-likeness (QED) is 0.820. The van der Waals surface area contributed by atoms with E-state index < -0.39 is 0 Å². The zero-order chi connectivity index (χ0) is 14.4. The molecule has 0 aromatic heterocycles. The van der Waals surface area contributed by atoms with Crippen LogP contribution in [0, 0.1) is 0 Å². The van der Waals surface area contributed by atoms with Gasteiger partial charge in [0.05, 0.1) is 7.11 Å². The summed E-state index contributed by atoms with van der Waals surface area (Å²) < 4.78 is 4.96. The predicted molar refractivity (Wildman–Crippen MR) is 74.5 cm³/mol. The topological polar surface area (TPSA) is 75.8 Å². The van der Waals surface area contributed by atoms with Crippen molar-refractivity contribution in [3.8, 4) is 11.5 Å². The van der Waals surface area contributed by atoms with Gasteiger partial charge in [-0.05, 0) is 45.0 Å². The van der Waals surface area contributed by atoms with Gasteiger partial charge in [0.1, 0.15) is 0 Å². The van der Waals surface area contributed by atoms with E-state index in [0.29, 0.717) is 24.4 Å². The first kappa shape index (κ1) is 15.3. The molecular weight excluding hydrogens is 244 g/mol. The smallest absolute Gasteiger partial charge is 0.254 e. The van der Waals surface area contributed by atoms with Crippen LogP contribution in [0.15, 0.2) is 18.2 Å². The lowest BCUT2D eigenvalue weighted by atomic mass is 10.1. The van der Waals surface area contributed by atoms with Gasteiger partial charge >= 0.3 is 0 Å². The molecule has 0 aliphatic heterocycles. The summed E-state index contributed by atoms with van der Waals surface area (Å²) in [6, 6.07) is 4.75. The Kier molecular flexibility index (Phi) is 5.63. The Morgan fingerprint density at radius 3 is 2.63 bits per heavy atom. The van der Waals surface area contributed by atoms with Crippen LogP contribution in [0.25, 0.3) is 0 Å². The van der Waals surface area contributed by atoms with Crippen LogP contribution in [0.3, 0.4) is 0 Å². The van der Waals surface area contributed by atoms with E-state index in [1.165, 1.54) is 13.2 Å². The molecule has 0 bridgehead atoms. The number of phenolic OH excluding ortho intramolecular Hbond substituents is 1. The van der Waals surface area contributed by atoms with Crippen LogP contribution in [-0.4, -0.2) is 42.2 Å². The minimum absolute atomic E-state index is 0.0316. The van der Waals surface area contributed by atoms with Crippen LogP contribution in [0.1, 0.15) is 30.6 Å². The molecule has 0 fully saturated rings. The van der Waals surface area contributed by atoms with Gasteiger partial charge in [-0.25, -0.2) is 0 Å². The van der Waals surface area contributed by atoms with E-state index >= 15 is 0 Å². The van der Waals surface area contributed by atoms with E-state index in [2.05, 4.69) is 0 Å². The van der Waals surface area contributed by atoms with Crippen LogP contribution < -0.4 is 10.5 Å². The molecule has 1 aromatic carbocycles. The van der Waals surface area contributed by atoms with Crippen molar-refractivity contribution in [2.24, 2.45) is 5.73 Å². The first-order valence-electron chi connectivity index (χ1n) is 6.39. The number of aromatic hydroxyl groups is 1. The Morgan fingerprint density at radius 2 is 2.16 bits per heavy atom. The van der Waals surface area contributed by atoms with Gasteiger partial charge in [-0.1, -0.05) is 0 Å². The van der Waals surface area contributed by atoms with Crippen LogP contribution in [0.4, 0.5) is 0 Å². The molecule has 5 nitrogen and oxygen atoms in total. The second-order valence-electron chi connectivity index (χ2n) is 4.62. The standard InChI is InChI=1S/C14H22N2O3/c1-10(2)16(8-4-7-15)14(18)11-5-6-13(19-3)12(17)9-11/h5-6,9-10,17H,4,7-8,15H2,1-3H3. The fourth-order valence-electron chi connectivity index (χ4n) is 1.84. The average Bonchev–Trinajstić information content (AvgIpc) is 2.38. The molecule has 1 rings (SSSR count). The Hall–Kier alpha value is -1.75. The largest absolute Gasteiger partial charge is 0.504 e. The zero-order valence-electron chi connectivity index (χ0n) is 11.7. The average molecular weight is 266 g/mol. The lowest BCUT2D eigenvalue weighted by molar-refractivity contribution is 0.0704. The zero-order valence-corrected chi connectivity index (χ0v) is 11.7. The number of hydrogen-bond donors (Lipinski definition) is 2. The minimum Gasteiger partial charge on any atom is -0.504 e. The highest BCUT2D eigenvalue weighted by Gasteiger charge is 2.19. The molecule has 0 atom stereocenters. The Balaban J connectivity index is 2.93. The number of hydrogen-bond acceptors (Lipinski definition) is 4. The molecule has 19 heavy (non-hydrogen) atoms. The van der Waals surface area contributed by atoms with E-state index in [4.69, 9.17) is 10.5 Å². The Morgan fingerprint density at radius 1 is 1.47 bits per heavy atom. The summed E-state index contributed by atoms with van der Waals surface area (Å²) in [4.78, 5) is 14.1. The fraction of sp³-hybridized carbons (Fsp3) is 0.500. The van der Waals surface area contributed by atoms with E-state index in [0.717, 1.165) is 6.42 Å². The third kappa shape index (κ3) is 3.86. The molecule has 1 aromatic rings. The van der Waals surface area contributed by atoms with Crippen molar-refractivity contribution in [3.63, 3.8) is 0 Å². The molecule has 106 valence electrons. The van der Waals surface area contributed by atoms with Crippen molar-refractivity contribution < 1.29 is 14.6 Å². The van der Waals surface area contributed by atoms with Gasteiger partial charge in [0.2, 0.25) is 0 Å². The maximum Gasteiger partial charge on any atom is 0.254 e. The SMILES string of the molecule is COc1ccc(C(=O)N(CCCN)C(C)C)cc1O. The first-order valence-corrected chi connectivity index (χ1v) is 6.39. The van der Waals surface area contributed by atoms with Gasteiger partial charge in [0.25, 0.3) is 5.91 Å². The summed E-state index contributed by atoms with van der Waals surface area (Å²) in [6.45, 7) is 5.07. The molecule has 0 heterocycles. The molecule has 0 saturated carbocycles. The number of amides is 1. The third-order valence-corrected chi connectivity index (χ3v) is 2.91. The van der Waals surface area contributed by atoms with Crippen molar-refractivity contribution >= 4 is 5.91 Å². The summed E-state index contributed by atoms with van der Waals surface area (Å²) in [6.07, 6.45) is 0.756. The van der Waals surface area contributed by atoms with Crippen molar-refractivity contribution in [1.82, 2.24) is 4.90 Å². The number of ether oxygens (including phenoxy) is 1. The molecule has 5 heteroatoms. The van der Waals surface area contributed by atoms with E-state index in [9.17, 15) is 9.90 Å². The molecule has 0 aliphatic rings. The molecule has 0 saturated heterocycles. The lowest BCUT2D eigenvalue weighted by Crippen LogP contribution is -2.38. The van der Waals surface area contributed by atoms with E-state index in [-0.39, 0.29) is 17.7 Å². The molecule has 0 aliphatic carbocycles. The summed E-state index contributed by atoms with van der Waals surface area (Å²) in [5.74, 6) is 0.215. The molecule has 1 amide bonds. The normalized spacial score (nSPS) is 10.6. The highest BCUT2D eigenvalue weighted by molar-refractivity contribution is 5.95. The van der Waals surface area contributed by atoms with Crippen LogP contribution in [0.2, 0.25) is 0 Å². The van der Waals surface area contributed by atoms with Crippen molar-refractivity contribution in [2.45, 2.75) is 26.3 Å². The van der Waals surface area contributed by atoms with Gasteiger partial charge in [-0.2, -0.15) is 0 Å². The van der Waals surface area contributed by atoms with E-state index in [1.807, 2.05) is 13.8 Å². The second-order valence-corrected chi connectivity index (χ2v) is 4.62. The molecular formula is C14H22N2O3. The number of phenols is 1. The van der Waals surface area contributed by atoms with Crippen LogP contribution in [0.5, 0.6) is 11.5 Å². The molecule has 0 radical (unpaired) electrons. The number of benzene rings is 1. The van der Waals surface area contributed by atoms with Gasteiger partial charge in [-0.15, -0.1) is 0 Å². The number of nitrogens with two attached hydrogens (primary N) is 1. The summed E-state index contributed by atoms with van der Waals surface area (Å²) in [5, 5.41) is 9.72. The van der Waals surface area contributed by atoms with Crippen molar-refractivity contribution in [1.29, 1.82) is 0 Å². The van der Waals surface area contributed by atoms with Gasteiger partial charge < -0.3 is 20.5 Å². The van der Waals surface area contributed by atoms with Gasteiger partial charge in [-0.3, -0.25) is 4.79 Å². The lowest BCUT2D eigenvalue weighted by Gasteiger charge is -2.26. The van der Waals surface area contributed by atoms with Crippen molar-refractivity contribution in [2.75, 3.05) is 20.2 Å². The Bertz CT molecular complexity index is 433. The van der Waals surface area contributed by atoms with E-state index in [1.54, 1.807) is 17.0 Å². The predicted octanol–water partition coefficient (Wildman–Crippen LogP) is 1.60. The van der Waals surface area contributed by atoms with Crippen LogP contribution >= 0.6 is 0 Å². The second kappa shape index (κ2) is 6.99. The summed E-state index contributed by atoms with van der Waals surface area (Å²) in [7, 11) is 1.47. The summed E-state index contributed by atoms with van der Waals surface area (Å²) >= 11 is 0. The van der Waals surface area contributed by atoms with Gasteiger partial charge in [0.15, 0.2) is 11.5 Å². The number of carbonyl (C=O) groups is 1. The van der Waals surface area contributed by atoms with Crippen LogP contribution in [-0.2, 0) is 0 Å². The highest BCUT2D eigenvalue weighted by Crippen LogP contribution is 2.27.